The number of allylic oxidation sites excluding steroid dienone is 2. The van der Waals surface area contributed by atoms with Gasteiger partial charge in [-0.15, -0.1) is 0 Å². The van der Waals surface area contributed by atoms with Crippen molar-refractivity contribution in [2.75, 3.05) is 0 Å². The van der Waals surface area contributed by atoms with Gasteiger partial charge >= 0.3 is 0 Å². The molecule has 0 bridgehead atoms. The zero-order chi connectivity index (χ0) is 14.8. The van der Waals surface area contributed by atoms with E-state index in [9.17, 15) is 4.79 Å². The Morgan fingerprint density at radius 1 is 1.10 bits per heavy atom. The van der Waals surface area contributed by atoms with Crippen molar-refractivity contribution in [3.63, 3.8) is 0 Å². The summed E-state index contributed by atoms with van der Waals surface area (Å²) in [7, 11) is 0. The molecule has 4 rings (SSSR count). The Morgan fingerprint density at radius 3 is 2.62 bits per heavy atom. The number of carbonyl (C=O) groups excluding carboxylic acids is 1. The highest BCUT2D eigenvalue weighted by atomic mass is 127. The van der Waals surface area contributed by atoms with Gasteiger partial charge in [0.2, 0.25) is 0 Å². The fourth-order valence-corrected chi connectivity index (χ4v) is 7.17. The normalized spacial score (nSPS) is 52.7. The van der Waals surface area contributed by atoms with E-state index in [1.165, 1.54) is 38.5 Å². The topological polar surface area (TPSA) is 17.1 Å². The average Bonchev–Trinajstić information content (AvgIpc) is 2.76. The Hall–Kier alpha value is 0.140. The van der Waals surface area contributed by atoms with Crippen LogP contribution in [0.3, 0.4) is 0 Å². The molecule has 2 unspecified atom stereocenters. The third-order valence-electron chi connectivity index (χ3n) is 7.75. The monoisotopic (exact) mass is 398 g/mol. The van der Waals surface area contributed by atoms with Gasteiger partial charge in [-0.25, -0.2) is 0 Å². The number of rotatable bonds is 0. The molecule has 0 spiro atoms. The second kappa shape index (κ2) is 4.82. The Balaban J connectivity index is 1.69. The fraction of sp³-hybridized carbons (Fsp3) is 0.842. The molecule has 6 atom stereocenters. The summed E-state index contributed by atoms with van der Waals surface area (Å²) in [6.45, 7) is 4.84. The molecule has 0 aromatic carbocycles. The average molecular weight is 398 g/mol. The van der Waals surface area contributed by atoms with Gasteiger partial charge in [0.05, 0.1) is 0 Å². The van der Waals surface area contributed by atoms with Gasteiger partial charge < -0.3 is 0 Å². The van der Waals surface area contributed by atoms with Crippen molar-refractivity contribution < 1.29 is 4.79 Å². The lowest BCUT2D eigenvalue weighted by atomic mass is 9.48. The van der Waals surface area contributed by atoms with E-state index in [4.69, 9.17) is 0 Å². The Kier molecular flexibility index (Phi) is 3.37. The van der Waals surface area contributed by atoms with Crippen molar-refractivity contribution in [1.82, 2.24) is 0 Å². The van der Waals surface area contributed by atoms with Crippen LogP contribution in [0.2, 0.25) is 0 Å². The highest BCUT2D eigenvalue weighted by Gasteiger charge is 2.58. The molecule has 116 valence electrons. The predicted molar refractivity (Wildman–Crippen MR) is 94.5 cm³/mol. The van der Waals surface area contributed by atoms with Gasteiger partial charge in [0.1, 0.15) is 5.78 Å². The fourth-order valence-electron chi connectivity index (χ4n) is 6.39. The summed E-state index contributed by atoms with van der Waals surface area (Å²) in [5.41, 5.74) is 2.25. The Labute approximate surface area is 142 Å². The van der Waals surface area contributed by atoms with Crippen LogP contribution < -0.4 is 0 Å². The van der Waals surface area contributed by atoms with Gasteiger partial charge in [-0.1, -0.05) is 48.1 Å². The van der Waals surface area contributed by atoms with Gasteiger partial charge in [-0.2, -0.15) is 0 Å². The molecule has 0 heterocycles. The summed E-state index contributed by atoms with van der Waals surface area (Å²) in [4.78, 5) is 12.4. The van der Waals surface area contributed by atoms with E-state index in [1.54, 1.807) is 5.57 Å². The molecule has 4 aliphatic rings. The van der Waals surface area contributed by atoms with Gasteiger partial charge in [-0.3, -0.25) is 4.79 Å². The number of alkyl halides is 1. The number of hydrogen-bond acceptors (Lipinski definition) is 1. The highest BCUT2D eigenvalue weighted by Crippen LogP contribution is 2.64. The number of Topliss-reactive ketones (excluding diaryl/α,β-unsaturated/α-hetero) is 1. The molecule has 0 radical (unpaired) electrons. The molecule has 21 heavy (non-hydrogen) atoms. The molecule has 1 nitrogen and oxygen atoms in total. The number of halogens is 1. The number of fused-ring (bicyclic) bond motifs is 5. The van der Waals surface area contributed by atoms with Crippen molar-refractivity contribution in [2.24, 2.45) is 28.6 Å². The summed E-state index contributed by atoms with van der Waals surface area (Å²) in [5, 5.41) is 0. The first-order chi connectivity index (χ1) is 9.95. The standard InChI is InChI=1S/C19H27IO/c1-18-9-7-13(20)11-12(18)3-4-14-15-5-6-17(21)19(15,2)10-8-16(14)18/h3,13-16H,4-11H2,1-2H3/t13?,14-,15-,16?,18-,19-/m0/s1. The maximum Gasteiger partial charge on any atom is 0.139 e. The first kappa shape index (κ1) is 14.7. The van der Waals surface area contributed by atoms with E-state index in [1.807, 2.05) is 0 Å². The SMILES string of the molecule is C[C@]12CCC(I)CC1=CC[C@@H]1C2CC[C@]2(C)C(=O)CC[C@@H]12. The minimum Gasteiger partial charge on any atom is -0.299 e. The van der Waals surface area contributed by atoms with Crippen LogP contribution in [0.5, 0.6) is 0 Å². The lowest BCUT2D eigenvalue weighted by Crippen LogP contribution is -2.50. The van der Waals surface area contributed by atoms with E-state index >= 15 is 0 Å². The third kappa shape index (κ3) is 1.96. The molecular formula is C19H27IO. The van der Waals surface area contributed by atoms with Gasteiger partial charge in [0.15, 0.2) is 0 Å². The second-order valence-electron chi connectivity index (χ2n) is 8.52. The first-order valence-corrected chi connectivity index (χ1v) is 10.1. The molecule has 4 aliphatic carbocycles. The van der Waals surface area contributed by atoms with Crippen molar-refractivity contribution >= 4 is 28.4 Å². The summed E-state index contributed by atoms with van der Waals surface area (Å²) in [6.07, 6.45) is 12.4. The minimum absolute atomic E-state index is 0.0311. The van der Waals surface area contributed by atoms with Crippen molar-refractivity contribution in [2.45, 2.75) is 69.1 Å². The molecule has 3 saturated carbocycles. The van der Waals surface area contributed by atoms with Crippen LogP contribution in [0, 0.1) is 28.6 Å². The van der Waals surface area contributed by atoms with E-state index in [-0.39, 0.29) is 5.41 Å². The number of ketones is 1. The van der Waals surface area contributed by atoms with E-state index < -0.39 is 0 Å². The number of carbonyl (C=O) groups is 1. The minimum atomic E-state index is 0.0311. The zero-order valence-corrected chi connectivity index (χ0v) is 15.5. The Morgan fingerprint density at radius 2 is 1.81 bits per heavy atom. The summed E-state index contributed by atoms with van der Waals surface area (Å²) < 4.78 is 0.848. The van der Waals surface area contributed by atoms with E-state index in [0.717, 1.165) is 28.6 Å². The molecule has 0 aromatic rings. The summed E-state index contributed by atoms with van der Waals surface area (Å²) in [5.74, 6) is 2.89. The van der Waals surface area contributed by atoms with E-state index in [0.29, 0.717) is 17.1 Å². The van der Waals surface area contributed by atoms with Gasteiger partial charge in [0, 0.05) is 15.8 Å². The molecule has 0 aromatic heterocycles. The lowest BCUT2D eigenvalue weighted by Gasteiger charge is -2.56. The van der Waals surface area contributed by atoms with Crippen molar-refractivity contribution in [1.29, 1.82) is 0 Å². The van der Waals surface area contributed by atoms with Crippen molar-refractivity contribution in [3.05, 3.63) is 11.6 Å². The molecule has 3 fully saturated rings. The summed E-state index contributed by atoms with van der Waals surface area (Å²) in [6, 6.07) is 0. The Bertz CT molecular complexity index is 510. The highest BCUT2D eigenvalue weighted by molar-refractivity contribution is 14.1. The number of hydrogen-bond donors (Lipinski definition) is 0. The van der Waals surface area contributed by atoms with E-state index in [2.05, 4.69) is 42.5 Å². The zero-order valence-electron chi connectivity index (χ0n) is 13.3. The largest absolute Gasteiger partial charge is 0.299 e. The molecular weight excluding hydrogens is 371 g/mol. The molecule has 2 heteroatoms. The molecule has 0 aliphatic heterocycles. The van der Waals surface area contributed by atoms with Gasteiger partial charge in [-0.05, 0) is 68.1 Å². The second-order valence-corrected chi connectivity index (χ2v) is 10.3. The van der Waals surface area contributed by atoms with Crippen LogP contribution in [0.15, 0.2) is 11.6 Å². The van der Waals surface area contributed by atoms with Crippen molar-refractivity contribution in [3.8, 4) is 0 Å². The molecule has 0 amide bonds. The van der Waals surface area contributed by atoms with Crippen LogP contribution in [-0.2, 0) is 4.79 Å². The quantitative estimate of drug-likeness (QED) is 0.307. The van der Waals surface area contributed by atoms with Crippen LogP contribution >= 0.6 is 22.6 Å². The third-order valence-corrected chi connectivity index (χ3v) is 8.82. The first-order valence-electron chi connectivity index (χ1n) is 8.82. The maximum absolute atomic E-state index is 12.4. The van der Waals surface area contributed by atoms with Crippen LogP contribution in [-0.4, -0.2) is 9.71 Å². The summed E-state index contributed by atoms with van der Waals surface area (Å²) >= 11 is 2.64. The molecule has 0 saturated heterocycles. The maximum atomic E-state index is 12.4. The van der Waals surface area contributed by atoms with Crippen LogP contribution in [0.25, 0.3) is 0 Å². The van der Waals surface area contributed by atoms with Crippen LogP contribution in [0.1, 0.15) is 65.2 Å². The predicted octanol–water partition coefficient (Wildman–Crippen LogP) is 5.32. The van der Waals surface area contributed by atoms with Gasteiger partial charge in [0.25, 0.3) is 0 Å². The molecule has 0 N–H and O–H groups in total. The lowest BCUT2D eigenvalue weighted by molar-refractivity contribution is -0.131. The smallest absolute Gasteiger partial charge is 0.139 e. The van der Waals surface area contributed by atoms with Crippen LogP contribution in [0.4, 0.5) is 0 Å².